The molecule has 0 saturated carbocycles. The van der Waals surface area contributed by atoms with Crippen molar-refractivity contribution in [2.75, 3.05) is 12.3 Å². The lowest BCUT2D eigenvalue weighted by molar-refractivity contribution is 0.0616. The number of carbonyl (C=O) groups excluding carboxylic acids is 2. The van der Waals surface area contributed by atoms with Crippen molar-refractivity contribution in [3.63, 3.8) is 0 Å². The Morgan fingerprint density at radius 2 is 1.71 bits per heavy atom. The number of hydrogen-bond donors (Lipinski definition) is 2. The summed E-state index contributed by atoms with van der Waals surface area (Å²) in [6.07, 6.45) is 2.01. The number of nitrogen functional groups attached to an aromatic ring is 1. The molecule has 0 heterocycles. The van der Waals surface area contributed by atoms with Crippen LogP contribution >= 0.6 is 0 Å². The molecule has 0 saturated heterocycles. The van der Waals surface area contributed by atoms with E-state index < -0.39 is 11.8 Å². The number of para-hydroxylation sites is 1. The summed E-state index contributed by atoms with van der Waals surface area (Å²) in [6.45, 7) is 2.70. The van der Waals surface area contributed by atoms with Crippen LogP contribution in [-0.4, -0.2) is 23.4 Å². The Morgan fingerprint density at radius 1 is 1.04 bits per heavy atom. The Hall–Kier alpha value is -2.86. The second-order valence-electron chi connectivity index (χ2n) is 5.29. The molecule has 0 aromatic heterocycles. The first-order valence-electron chi connectivity index (χ1n) is 7.75. The Kier molecular flexibility index (Phi) is 5.92. The van der Waals surface area contributed by atoms with Crippen molar-refractivity contribution < 1.29 is 14.3 Å². The summed E-state index contributed by atoms with van der Waals surface area (Å²) in [5.74, 6) is 5.09. The van der Waals surface area contributed by atoms with E-state index >= 15 is 0 Å². The second-order valence-corrected chi connectivity index (χ2v) is 5.29. The number of anilines is 1. The van der Waals surface area contributed by atoms with Gasteiger partial charge in [0.05, 0.1) is 12.2 Å². The minimum absolute atomic E-state index is 0.188. The van der Waals surface area contributed by atoms with Crippen molar-refractivity contribution in [3.05, 3.63) is 59.7 Å². The van der Waals surface area contributed by atoms with Gasteiger partial charge in [-0.3, -0.25) is 9.59 Å². The van der Waals surface area contributed by atoms with Gasteiger partial charge in [-0.25, -0.2) is 10.9 Å². The monoisotopic (exact) mass is 327 g/mol. The van der Waals surface area contributed by atoms with Crippen molar-refractivity contribution in [2.24, 2.45) is 5.84 Å². The molecular formula is C18H21N3O3. The van der Waals surface area contributed by atoms with Crippen LogP contribution in [0.5, 0.6) is 5.75 Å². The highest BCUT2D eigenvalue weighted by molar-refractivity contribution is 6.11. The number of nitrogens with two attached hydrogens (primary N) is 2. The first kappa shape index (κ1) is 17.5. The number of carbonyl (C=O) groups is 2. The number of hydrazine groups is 1. The largest absolute Gasteiger partial charge is 0.494 e. The average molecular weight is 327 g/mol. The molecule has 6 nitrogen and oxygen atoms in total. The van der Waals surface area contributed by atoms with Crippen molar-refractivity contribution in [1.82, 2.24) is 5.01 Å². The molecule has 2 amide bonds. The van der Waals surface area contributed by atoms with Gasteiger partial charge in [-0.05, 0) is 42.8 Å². The van der Waals surface area contributed by atoms with Crippen LogP contribution < -0.4 is 16.3 Å². The number of ether oxygens (including phenoxy) is 1. The van der Waals surface area contributed by atoms with Crippen LogP contribution in [0.15, 0.2) is 48.5 Å². The minimum atomic E-state index is -0.652. The highest BCUT2D eigenvalue weighted by atomic mass is 16.5. The molecule has 2 aromatic rings. The van der Waals surface area contributed by atoms with E-state index in [9.17, 15) is 9.59 Å². The first-order chi connectivity index (χ1) is 11.5. The van der Waals surface area contributed by atoms with Crippen LogP contribution in [0.3, 0.4) is 0 Å². The molecule has 2 rings (SSSR count). The molecule has 0 spiro atoms. The van der Waals surface area contributed by atoms with Gasteiger partial charge in [-0.15, -0.1) is 0 Å². The normalized spacial score (nSPS) is 10.2. The minimum Gasteiger partial charge on any atom is -0.494 e. The molecule has 0 unspecified atom stereocenters. The lowest BCUT2D eigenvalue weighted by Crippen LogP contribution is -2.42. The van der Waals surface area contributed by atoms with E-state index in [2.05, 4.69) is 6.92 Å². The fraction of sp³-hybridized carbons (Fsp3) is 0.222. The molecule has 2 aromatic carbocycles. The maximum Gasteiger partial charge on any atom is 0.277 e. The van der Waals surface area contributed by atoms with Crippen LogP contribution in [0.4, 0.5) is 5.69 Å². The van der Waals surface area contributed by atoms with Gasteiger partial charge in [0.15, 0.2) is 0 Å². The lowest BCUT2D eigenvalue weighted by Gasteiger charge is -2.16. The molecule has 6 heteroatoms. The molecule has 0 aliphatic heterocycles. The van der Waals surface area contributed by atoms with Crippen LogP contribution in [-0.2, 0) is 0 Å². The fourth-order valence-electron chi connectivity index (χ4n) is 2.08. The van der Waals surface area contributed by atoms with Crippen LogP contribution in [0, 0.1) is 0 Å². The molecule has 126 valence electrons. The number of imide groups is 1. The number of rotatable bonds is 6. The zero-order valence-corrected chi connectivity index (χ0v) is 13.6. The van der Waals surface area contributed by atoms with E-state index in [1.807, 2.05) is 0 Å². The van der Waals surface area contributed by atoms with Gasteiger partial charge in [0, 0.05) is 11.3 Å². The van der Waals surface area contributed by atoms with Gasteiger partial charge < -0.3 is 10.5 Å². The van der Waals surface area contributed by atoms with E-state index in [1.165, 1.54) is 6.07 Å². The Bertz CT molecular complexity index is 714. The van der Waals surface area contributed by atoms with Gasteiger partial charge in [-0.2, -0.15) is 0 Å². The summed E-state index contributed by atoms with van der Waals surface area (Å²) in [7, 11) is 0. The zero-order chi connectivity index (χ0) is 17.5. The average Bonchev–Trinajstić information content (AvgIpc) is 2.61. The summed E-state index contributed by atoms with van der Waals surface area (Å²) >= 11 is 0. The van der Waals surface area contributed by atoms with Crippen molar-refractivity contribution in [1.29, 1.82) is 0 Å². The van der Waals surface area contributed by atoms with Gasteiger partial charge >= 0.3 is 0 Å². The molecule has 4 N–H and O–H groups in total. The second kappa shape index (κ2) is 8.12. The smallest absolute Gasteiger partial charge is 0.277 e. The molecule has 0 atom stereocenters. The Morgan fingerprint density at radius 3 is 2.33 bits per heavy atom. The Labute approximate surface area is 141 Å². The topological polar surface area (TPSA) is 98.6 Å². The molecule has 0 fully saturated rings. The Balaban J connectivity index is 2.07. The molecule has 24 heavy (non-hydrogen) atoms. The van der Waals surface area contributed by atoms with Crippen molar-refractivity contribution in [3.8, 4) is 5.75 Å². The van der Waals surface area contributed by atoms with E-state index in [0.717, 1.165) is 12.8 Å². The first-order valence-corrected chi connectivity index (χ1v) is 7.75. The van der Waals surface area contributed by atoms with Gasteiger partial charge in [-0.1, -0.05) is 25.5 Å². The predicted octanol–water partition coefficient (Wildman–Crippen LogP) is 2.60. The van der Waals surface area contributed by atoms with Gasteiger partial charge in [0.25, 0.3) is 11.8 Å². The van der Waals surface area contributed by atoms with E-state index in [0.29, 0.717) is 22.9 Å². The molecule has 0 bridgehead atoms. The predicted molar refractivity (Wildman–Crippen MR) is 92.4 cm³/mol. The van der Waals surface area contributed by atoms with E-state index in [-0.39, 0.29) is 11.3 Å². The van der Waals surface area contributed by atoms with E-state index in [1.54, 1.807) is 42.5 Å². The van der Waals surface area contributed by atoms with Crippen LogP contribution in [0.2, 0.25) is 0 Å². The summed E-state index contributed by atoms with van der Waals surface area (Å²) in [5, 5.41) is 0.568. The van der Waals surface area contributed by atoms with Gasteiger partial charge in [0.1, 0.15) is 5.75 Å². The van der Waals surface area contributed by atoms with Crippen LogP contribution in [0.1, 0.15) is 40.5 Å². The van der Waals surface area contributed by atoms with Crippen molar-refractivity contribution >= 4 is 17.5 Å². The summed E-state index contributed by atoms with van der Waals surface area (Å²) in [6, 6.07) is 13.0. The maximum atomic E-state index is 12.3. The number of amides is 2. The zero-order valence-electron chi connectivity index (χ0n) is 13.6. The summed E-state index contributed by atoms with van der Waals surface area (Å²) in [5.41, 5.74) is 6.50. The lowest BCUT2D eigenvalue weighted by atomic mass is 10.1. The SMILES string of the molecule is CCCCOc1ccc(C(=O)N(N)C(=O)c2ccccc2N)cc1. The number of nitrogens with zero attached hydrogens (tertiary/aromatic N) is 1. The van der Waals surface area contributed by atoms with Gasteiger partial charge in [0.2, 0.25) is 0 Å². The highest BCUT2D eigenvalue weighted by Crippen LogP contribution is 2.16. The van der Waals surface area contributed by atoms with E-state index in [4.69, 9.17) is 16.3 Å². The summed E-state index contributed by atoms with van der Waals surface area (Å²) in [4.78, 5) is 24.6. The standard InChI is InChI=1S/C18H21N3O3/c1-2-3-12-24-14-10-8-13(9-11-14)17(22)21(20)18(23)15-6-4-5-7-16(15)19/h4-11H,2-3,12,19-20H2,1H3. The third-order valence-corrected chi connectivity index (χ3v) is 3.50. The maximum absolute atomic E-state index is 12.3. The van der Waals surface area contributed by atoms with Crippen molar-refractivity contribution in [2.45, 2.75) is 19.8 Å². The third kappa shape index (κ3) is 4.11. The molecule has 0 aliphatic carbocycles. The number of unbranched alkanes of at least 4 members (excludes halogenated alkanes) is 1. The molecular weight excluding hydrogens is 306 g/mol. The molecule has 0 radical (unpaired) electrons. The fourth-order valence-corrected chi connectivity index (χ4v) is 2.08. The van der Waals surface area contributed by atoms with Crippen LogP contribution in [0.25, 0.3) is 0 Å². The highest BCUT2D eigenvalue weighted by Gasteiger charge is 2.22. The summed E-state index contributed by atoms with van der Waals surface area (Å²) < 4.78 is 5.53. The third-order valence-electron chi connectivity index (χ3n) is 3.50. The number of benzene rings is 2. The number of hydrogen-bond acceptors (Lipinski definition) is 5. The quantitative estimate of drug-likeness (QED) is 0.212. The molecule has 0 aliphatic rings.